The average molecular weight is 419 g/mol. The Bertz CT molecular complexity index is 837. The molecule has 1 aliphatic heterocycles. The van der Waals surface area contributed by atoms with Gasteiger partial charge in [-0.05, 0) is 55.7 Å². The van der Waals surface area contributed by atoms with Crippen LogP contribution in [0.2, 0.25) is 5.02 Å². The van der Waals surface area contributed by atoms with Crippen LogP contribution in [0.3, 0.4) is 0 Å². The van der Waals surface area contributed by atoms with Crippen LogP contribution in [0.5, 0.6) is 5.75 Å². The molecule has 1 heterocycles. The summed E-state index contributed by atoms with van der Waals surface area (Å²) in [5.74, 6) is 2.71. The fraction of sp³-hybridized carbons (Fsp3) is 0.409. The van der Waals surface area contributed by atoms with Crippen molar-refractivity contribution in [2.45, 2.75) is 33.4 Å². The summed E-state index contributed by atoms with van der Waals surface area (Å²) in [5, 5.41) is 3.52. The molecule has 1 unspecified atom stereocenters. The Balaban J connectivity index is 1.65. The number of carbonyl (C=O) groups is 1. The molecular formula is C22H27ClN2O2S. The van der Waals surface area contributed by atoms with E-state index in [0.717, 1.165) is 36.4 Å². The van der Waals surface area contributed by atoms with E-state index < -0.39 is 6.10 Å². The smallest absolute Gasteiger partial charge is 0.265 e. The highest BCUT2D eigenvalue weighted by atomic mass is 35.5. The van der Waals surface area contributed by atoms with Crippen molar-refractivity contribution in [1.82, 2.24) is 4.90 Å². The molecule has 1 aliphatic rings. The third-order valence-electron chi connectivity index (χ3n) is 4.83. The van der Waals surface area contributed by atoms with E-state index >= 15 is 0 Å². The first-order chi connectivity index (χ1) is 13.4. The second-order valence-corrected chi connectivity index (χ2v) is 8.85. The monoisotopic (exact) mass is 418 g/mol. The van der Waals surface area contributed by atoms with Gasteiger partial charge < -0.3 is 10.1 Å². The molecule has 0 spiro atoms. The third kappa shape index (κ3) is 5.66. The number of nitrogens with zero attached hydrogens (tertiary/aromatic N) is 1. The molecule has 1 atom stereocenters. The van der Waals surface area contributed by atoms with E-state index in [0.29, 0.717) is 10.8 Å². The van der Waals surface area contributed by atoms with E-state index in [9.17, 15) is 4.79 Å². The Morgan fingerprint density at radius 1 is 1.21 bits per heavy atom. The number of hydrogen-bond donors (Lipinski definition) is 1. The van der Waals surface area contributed by atoms with E-state index in [2.05, 4.69) is 28.4 Å². The Morgan fingerprint density at radius 3 is 2.71 bits per heavy atom. The largest absolute Gasteiger partial charge is 0.479 e. The lowest BCUT2D eigenvalue weighted by molar-refractivity contribution is -0.122. The molecule has 1 saturated heterocycles. The van der Waals surface area contributed by atoms with Crippen molar-refractivity contribution in [3.05, 3.63) is 58.1 Å². The highest BCUT2D eigenvalue weighted by molar-refractivity contribution is 7.99. The Kier molecular flexibility index (Phi) is 7.27. The summed E-state index contributed by atoms with van der Waals surface area (Å²) < 4.78 is 5.80. The topological polar surface area (TPSA) is 41.6 Å². The number of thioether (sulfide) groups is 1. The number of halogens is 1. The van der Waals surface area contributed by atoms with Crippen molar-refractivity contribution in [2.24, 2.45) is 0 Å². The highest BCUT2D eigenvalue weighted by Crippen LogP contribution is 2.27. The second-order valence-electron chi connectivity index (χ2n) is 7.22. The van der Waals surface area contributed by atoms with Crippen LogP contribution in [0.15, 0.2) is 36.4 Å². The van der Waals surface area contributed by atoms with Gasteiger partial charge in [-0.25, -0.2) is 0 Å². The fourth-order valence-corrected chi connectivity index (χ4v) is 4.24. The van der Waals surface area contributed by atoms with Gasteiger partial charge in [-0.2, -0.15) is 11.8 Å². The number of carbonyl (C=O) groups excluding carboxylic acids is 1. The highest BCUT2D eigenvalue weighted by Gasteiger charge is 2.18. The van der Waals surface area contributed by atoms with Gasteiger partial charge in [0.25, 0.3) is 5.91 Å². The van der Waals surface area contributed by atoms with Crippen LogP contribution < -0.4 is 10.1 Å². The molecule has 1 N–H and O–H groups in total. The summed E-state index contributed by atoms with van der Waals surface area (Å²) in [5.41, 5.74) is 4.11. The summed E-state index contributed by atoms with van der Waals surface area (Å²) in [7, 11) is 0. The van der Waals surface area contributed by atoms with Crippen LogP contribution in [0.4, 0.5) is 5.69 Å². The van der Waals surface area contributed by atoms with Crippen LogP contribution in [0.1, 0.15) is 23.6 Å². The normalized spacial score (nSPS) is 15.9. The molecule has 2 aromatic carbocycles. The van der Waals surface area contributed by atoms with Gasteiger partial charge in [0.1, 0.15) is 5.75 Å². The number of rotatable bonds is 6. The lowest BCUT2D eigenvalue weighted by Crippen LogP contribution is -2.32. The molecule has 0 bridgehead atoms. The SMILES string of the molecule is Cc1ccc(Cl)c(OC(C)C(=O)Nc2cc(CN3CCSCC3)ccc2C)c1. The zero-order chi connectivity index (χ0) is 20.1. The molecule has 6 heteroatoms. The second kappa shape index (κ2) is 9.68. The molecule has 1 amide bonds. The molecule has 0 saturated carbocycles. The quantitative estimate of drug-likeness (QED) is 0.723. The van der Waals surface area contributed by atoms with Crippen molar-refractivity contribution < 1.29 is 9.53 Å². The molecule has 150 valence electrons. The fourth-order valence-electron chi connectivity index (χ4n) is 3.10. The van der Waals surface area contributed by atoms with Crippen LogP contribution in [-0.4, -0.2) is 41.5 Å². The number of anilines is 1. The maximum absolute atomic E-state index is 12.7. The molecule has 2 aromatic rings. The first-order valence-electron chi connectivity index (χ1n) is 9.55. The summed E-state index contributed by atoms with van der Waals surface area (Å²) in [6.45, 7) is 8.83. The zero-order valence-corrected chi connectivity index (χ0v) is 18.2. The van der Waals surface area contributed by atoms with E-state index in [-0.39, 0.29) is 5.91 Å². The van der Waals surface area contributed by atoms with Gasteiger partial charge in [-0.3, -0.25) is 9.69 Å². The molecule has 0 aromatic heterocycles. The molecule has 0 aliphatic carbocycles. The molecule has 28 heavy (non-hydrogen) atoms. The number of nitrogens with one attached hydrogen (secondary N) is 1. The van der Waals surface area contributed by atoms with E-state index in [1.807, 2.05) is 37.7 Å². The third-order valence-corrected chi connectivity index (χ3v) is 6.08. The number of aryl methyl sites for hydroxylation is 2. The standard InChI is InChI=1S/C22H27ClN2O2S/c1-15-4-7-19(23)21(12-15)27-17(3)22(26)24-20-13-18(6-5-16(20)2)14-25-8-10-28-11-9-25/h4-7,12-13,17H,8-11,14H2,1-3H3,(H,24,26). The van der Waals surface area contributed by atoms with Gasteiger partial charge in [0.2, 0.25) is 0 Å². The molecule has 1 fully saturated rings. The molecule has 4 nitrogen and oxygen atoms in total. The Hall–Kier alpha value is -1.69. The van der Waals surface area contributed by atoms with Crippen molar-refractivity contribution in [3.63, 3.8) is 0 Å². The minimum absolute atomic E-state index is 0.188. The van der Waals surface area contributed by atoms with Gasteiger partial charge in [0, 0.05) is 36.8 Å². The first kappa shape index (κ1) is 21.0. The summed E-state index contributed by atoms with van der Waals surface area (Å²) >= 11 is 8.19. The minimum Gasteiger partial charge on any atom is -0.479 e. The van der Waals surface area contributed by atoms with Crippen LogP contribution in [0.25, 0.3) is 0 Å². The number of benzene rings is 2. The maximum atomic E-state index is 12.7. The predicted molar refractivity (Wildman–Crippen MR) is 119 cm³/mol. The van der Waals surface area contributed by atoms with Crippen molar-refractivity contribution in [2.75, 3.05) is 29.9 Å². The van der Waals surface area contributed by atoms with Gasteiger partial charge in [0.05, 0.1) is 5.02 Å². The molecular weight excluding hydrogens is 392 g/mol. The van der Waals surface area contributed by atoms with Crippen molar-refractivity contribution in [3.8, 4) is 5.75 Å². The average Bonchev–Trinajstić information content (AvgIpc) is 2.68. The number of hydrogen-bond acceptors (Lipinski definition) is 4. The van der Waals surface area contributed by atoms with E-state index in [1.54, 1.807) is 13.0 Å². The molecule has 3 rings (SSSR count). The van der Waals surface area contributed by atoms with Crippen LogP contribution >= 0.6 is 23.4 Å². The summed E-state index contributed by atoms with van der Waals surface area (Å²) in [6.07, 6.45) is -0.651. The lowest BCUT2D eigenvalue weighted by Gasteiger charge is -2.26. The molecule has 0 radical (unpaired) electrons. The summed E-state index contributed by atoms with van der Waals surface area (Å²) in [4.78, 5) is 15.1. The summed E-state index contributed by atoms with van der Waals surface area (Å²) in [6, 6.07) is 11.8. The Labute approximate surface area is 176 Å². The van der Waals surface area contributed by atoms with Crippen LogP contribution in [0, 0.1) is 13.8 Å². The van der Waals surface area contributed by atoms with Gasteiger partial charge in [-0.15, -0.1) is 0 Å². The maximum Gasteiger partial charge on any atom is 0.265 e. The van der Waals surface area contributed by atoms with E-state index in [1.165, 1.54) is 17.1 Å². The van der Waals surface area contributed by atoms with Gasteiger partial charge >= 0.3 is 0 Å². The Morgan fingerprint density at radius 2 is 1.96 bits per heavy atom. The van der Waals surface area contributed by atoms with Crippen molar-refractivity contribution in [1.29, 1.82) is 0 Å². The van der Waals surface area contributed by atoms with Gasteiger partial charge in [-0.1, -0.05) is 29.8 Å². The lowest BCUT2D eigenvalue weighted by atomic mass is 10.1. The van der Waals surface area contributed by atoms with Gasteiger partial charge in [0.15, 0.2) is 6.10 Å². The van der Waals surface area contributed by atoms with Crippen LogP contribution in [-0.2, 0) is 11.3 Å². The van der Waals surface area contributed by atoms with E-state index in [4.69, 9.17) is 16.3 Å². The number of amides is 1. The predicted octanol–water partition coefficient (Wildman–Crippen LogP) is 4.91. The number of ether oxygens (including phenoxy) is 1. The van der Waals surface area contributed by atoms with Crippen molar-refractivity contribution >= 4 is 35.0 Å². The zero-order valence-electron chi connectivity index (χ0n) is 16.6. The first-order valence-corrected chi connectivity index (χ1v) is 11.1. The minimum atomic E-state index is -0.651.